The smallest absolute Gasteiger partial charge is 0.261 e. The van der Waals surface area contributed by atoms with E-state index in [9.17, 15) is 13.2 Å². The van der Waals surface area contributed by atoms with Crippen molar-refractivity contribution in [1.82, 2.24) is 9.78 Å². The van der Waals surface area contributed by atoms with E-state index in [0.29, 0.717) is 11.4 Å². The minimum atomic E-state index is -3.78. The fourth-order valence-electron chi connectivity index (χ4n) is 2.86. The minimum Gasteiger partial charge on any atom is -0.305 e. The first-order chi connectivity index (χ1) is 14.9. The monoisotopic (exact) mass is 496 g/mol. The summed E-state index contributed by atoms with van der Waals surface area (Å²) in [4.78, 5) is 12.8. The second-order valence-corrected chi connectivity index (χ2v) is 9.17. The zero-order valence-corrected chi connectivity index (χ0v) is 18.5. The molecular formula is C22H17BrN4O3S. The van der Waals surface area contributed by atoms with Gasteiger partial charge in [-0.1, -0.05) is 40.2 Å². The van der Waals surface area contributed by atoms with Crippen LogP contribution in [0.3, 0.4) is 0 Å². The Bertz CT molecular complexity index is 1320. The zero-order chi connectivity index (χ0) is 21.8. The van der Waals surface area contributed by atoms with Crippen LogP contribution >= 0.6 is 15.9 Å². The summed E-state index contributed by atoms with van der Waals surface area (Å²) >= 11 is 3.28. The van der Waals surface area contributed by atoms with Gasteiger partial charge in [0.25, 0.3) is 15.9 Å². The molecule has 0 bridgehead atoms. The Labute approximate surface area is 187 Å². The molecular weight excluding hydrogens is 480 g/mol. The molecule has 0 unspecified atom stereocenters. The Morgan fingerprint density at radius 3 is 2.39 bits per heavy atom. The summed E-state index contributed by atoms with van der Waals surface area (Å²) in [6.45, 7) is 0. The quantitative estimate of drug-likeness (QED) is 0.404. The lowest BCUT2D eigenvalue weighted by molar-refractivity contribution is 0.102. The molecule has 0 aliphatic heterocycles. The van der Waals surface area contributed by atoms with Gasteiger partial charge in [-0.15, -0.1) is 0 Å². The Balaban J connectivity index is 1.48. The van der Waals surface area contributed by atoms with Crippen LogP contribution in [0.5, 0.6) is 0 Å². The third-order valence-corrected chi connectivity index (χ3v) is 6.28. The van der Waals surface area contributed by atoms with Crippen LogP contribution in [-0.4, -0.2) is 24.1 Å². The lowest BCUT2D eigenvalue weighted by Gasteiger charge is -2.10. The van der Waals surface area contributed by atoms with Gasteiger partial charge in [0.05, 0.1) is 10.6 Å². The fourth-order valence-corrected chi connectivity index (χ4v) is 4.17. The SMILES string of the molecule is O=C(Nc1ccn(-c2ccccc2)n1)c1cccc(NS(=O)(=O)c2ccc(Br)cc2)c1. The van der Waals surface area contributed by atoms with Gasteiger partial charge >= 0.3 is 0 Å². The van der Waals surface area contributed by atoms with Crippen molar-refractivity contribution in [2.24, 2.45) is 0 Å². The Hall–Kier alpha value is -3.43. The predicted octanol–water partition coefficient (Wildman–Crippen LogP) is 4.69. The number of sulfonamides is 1. The van der Waals surface area contributed by atoms with E-state index in [1.54, 1.807) is 47.3 Å². The van der Waals surface area contributed by atoms with E-state index in [2.05, 4.69) is 31.1 Å². The Kier molecular flexibility index (Phi) is 5.88. The van der Waals surface area contributed by atoms with Crippen molar-refractivity contribution in [3.63, 3.8) is 0 Å². The van der Waals surface area contributed by atoms with E-state index in [1.165, 1.54) is 18.2 Å². The molecule has 1 amide bonds. The molecule has 1 heterocycles. The number of anilines is 2. The largest absolute Gasteiger partial charge is 0.305 e. The van der Waals surface area contributed by atoms with Crippen LogP contribution in [0.2, 0.25) is 0 Å². The number of para-hydroxylation sites is 1. The van der Waals surface area contributed by atoms with Crippen LogP contribution in [0.4, 0.5) is 11.5 Å². The third-order valence-electron chi connectivity index (χ3n) is 4.35. The average Bonchev–Trinajstić information content (AvgIpc) is 3.23. The van der Waals surface area contributed by atoms with Crippen molar-refractivity contribution in [2.45, 2.75) is 4.90 Å². The van der Waals surface area contributed by atoms with Crippen molar-refractivity contribution in [3.05, 3.63) is 101 Å². The van der Waals surface area contributed by atoms with Gasteiger partial charge < -0.3 is 5.32 Å². The second-order valence-electron chi connectivity index (χ2n) is 6.58. The molecule has 9 heteroatoms. The molecule has 0 aliphatic carbocycles. The first-order valence-electron chi connectivity index (χ1n) is 9.22. The van der Waals surface area contributed by atoms with Gasteiger partial charge in [-0.05, 0) is 54.6 Å². The maximum atomic E-state index is 12.6. The maximum Gasteiger partial charge on any atom is 0.261 e. The number of amides is 1. The molecule has 0 spiro atoms. The van der Waals surface area contributed by atoms with Crippen LogP contribution < -0.4 is 10.0 Å². The summed E-state index contributed by atoms with van der Waals surface area (Å²) in [5, 5.41) is 7.07. The number of carbonyl (C=O) groups excluding carboxylic acids is 1. The van der Waals surface area contributed by atoms with Crippen LogP contribution in [0, 0.1) is 0 Å². The van der Waals surface area contributed by atoms with Gasteiger partial charge in [0.1, 0.15) is 0 Å². The highest BCUT2D eigenvalue weighted by molar-refractivity contribution is 9.10. The van der Waals surface area contributed by atoms with Gasteiger partial charge in [0.15, 0.2) is 5.82 Å². The number of hydrogen-bond acceptors (Lipinski definition) is 4. The Morgan fingerprint density at radius 2 is 1.65 bits per heavy atom. The molecule has 4 rings (SSSR count). The van der Waals surface area contributed by atoms with E-state index in [4.69, 9.17) is 0 Å². The first-order valence-corrected chi connectivity index (χ1v) is 11.5. The van der Waals surface area contributed by atoms with Crippen LogP contribution in [0.1, 0.15) is 10.4 Å². The van der Waals surface area contributed by atoms with E-state index in [1.807, 2.05) is 30.3 Å². The van der Waals surface area contributed by atoms with E-state index in [0.717, 1.165) is 10.2 Å². The van der Waals surface area contributed by atoms with Gasteiger partial charge in [0, 0.05) is 28.0 Å². The van der Waals surface area contributed by atoms with Crippen molar-refractivity contribution < 1.29 is 13.2 Å². The van der Waals surface area contributed by atoms with Crippen molar-refractivity contribution >= 4 is 43.4 Å². The first kappa shape index (κ1) is 20.8. The summed E-state index contributed by atoms with van der Waals surface area (Å²) in [5.41, 5.74) is 1.45. The molecule has 156 valence electrons. The van der Waals surface area contributed by atoms with Crippen LogP contribution in [0.15, 0.2) is 100 Å². The molecule has 0 aliphatic rings. The summed E-state index contributed by atoms with van der Waals surface area (Å²) in [7, 11) is -3.78. The minimum absolute atomic E-state index is 0.122. The third kappa shape index (κ3) is 5.01. The van der Waals surface area contributed by atoms with Crippen LogP contribution in [-0.2, 0) is 10.0 Å². The molecule has 1 aromatic heterocycles. The van der Waals surface area contributed by atoms with Gasteiger partial charge in [-0.3, -0.25) is 9.52 Å². The fraction of sp³-hybridized carbons (Fsp3) is 0. The maximum absolute atomic E-state index is 12.6. The molecule has 0 fully saturated rings. The van der Waals surface area contributed by atoms with Gasteiger partial charge in [0.2, 0.25) is 0 Å². The molecule has 4 aromatic rings. The summed E-state index contributed by atoms with van der Waals surface area (Å²) in [5.74, 6) is -0.0160. The van der Waals surface area contributed by atoms with Gasteiger partial charge in [-0.2, -0.15) is 5.10 Å². The molecule has 0 saturated carbocycles. The van der Waals surface area contributed by atoms with E-state index in [-0.39, 0.29) is 10.6 Å². The zero-order valence-electron chi connectivity index (χ0n) is 16.1. The van der Waals surface area contributed by atoms with E-state index >= 15 is 0 Å². The number of nitrogens with zero attached hydrogens (tertiary/aromatic N) is 2. The summed E-state index contributed by atoms with van der Waals surface area (Å²) in [6.07, 6.45) is 1.74. The molecule has 7 nitrogen and oxygen atoms in total. The second kappa shape index (κ2) is 8.75. The number of nitrogens with one attached hydrogen (secondary N) is 2. The molecule has 0 radical (unpaired) electrons. The normalized spacial score (nSPS) is 11.1. The number of hydrogen-bond donors (Lipinski definition) is 2. The number of aromatic nitrogens is 2. The average molecular weight is 497 g/mol. The van der Waals surface area contributed by atoms with E-state index < -0.39 is 15.9 Å². The summed E-state index contributed by atoms with van der Waals surface area (Å²) in [6, 6.07) is 23.7. The molecule has 0 atom stereocenters. The number of carbonyl (C=O) groups is 1. The molecule has 31 heavy (non-hydrogen) atoms. The number of rotatable bonds is 6. The molecule has 0 saturated heterocycles. The lowest BCUT2D eigenvalue weighted by atomic mass is 10.2. The highest BCUT2D eigenvalue weighted by Gasteiger charge is 2.15. The number of benzene rings is 3. The van der Waals surface area contributed by atoms with Crippen molar-refractivity contribution in [1.29, 1.82) is 0 Å². The molecule has 3 aromatic carbocycles. The Morgan fingerprint density at radius 1 is 0.903 bits per heavy atom. The topological polar surface area (TPSA) is 93.1 Å². The van der Waals surface area contributed by atoms with Crippen molar-refractivity contribution in [3.8, 4) is 5.69 Å². The predicted molar refractivity (Wildman–Crippen MR) is 123 cm³/mol. The van der Waals surface area contributed by atoms with Crippen molar-refractivity contribution in [2.75, 3.05) is 10.0 Å². The standard InChI is InChI=1S/C22H17BrN4O3S/c23-17-9-11-20(12-10-17)31(29,30)26-18-6-4-5-16(15-18)22(28)24-21-13-14-27(25-21)19-7-2-1-3-8-19/h1-15,26H,(H,24,25,28). The highest BCUT2D eigenvalue weighted by Crippen LogP contribution is 2.20. The lowest BCUT2D eigenvalue weighted by Crippen LogP contribution is -2.15. The number of halogens is 1. The summed E-state index contributed by atoms with van der Waals surface area (Å²) < 4.78 is 30.1. The highest BCUT2D eigenvalue weighted by atomic mass is 79.9. The van der Waals surface area contributed by atoms with Crippen LogP contribution in [0.25, 0.3) is 5.69 Å². The van der Waals surface area contributed by atoms with Gasteiger partial charge in [-0.25, -0.2) is 13.1 Å². The molecule has 2 N–H and O–H groups in total.